The van der Waals surface area contributed by atoms with Gasteiger partial charge in [0, 0.05) is 11.4 Å². The van der Waals surface area contributed by atoms with Crippen molar-refractivity contribution in [2.45, 2.75) is 6.04 Å². The third-order valence-electron chi connectivity index (χ3n) is 5.61. The van der Waals surface area contributed by atoms with Crippen molar-refractivity contribution >= 4 is 17.0 Å². The molecule has 0 saturated heterocycles. The van der Waals surface area contributed by atoms with E-state index in [1.807, 2.05) is 30.3 Å². The second-order valence-electron chi connectivity index (χ2n) is 7.63. The second kappa shape index (κ2) is 8.37. The number of nitrogens with zero attached hydrogens (tertiary/aromatic N) is 1. The minimum absolute atomic E-state index is 0.0150. The van der Waals surface area contributed by atoms with Crippen molar-refractivity contribution in [3.63, 3.8) is 0 Å². The summed E-state index contributed by atoms with van der Waals surface area (Å²) in [5, 5.41) is 9.87. The molecule has 1 aliphatic rings. The lowest BCUT2D eigenvalue weighted by Crippen LogP contribution is -2.28. The summed E-state index contributed by atoms with van der Waals surface area (Å²) >= 11 is 0. The van der Waals surface area contributed by atoms with Gasteiger partial charge in [0.25, 0.3) is 0 Å². The van der Waals surface area contributed by atoms with Crippen LogP contribution in [0.5, 0.6) is 5.75 Å². The molecule has 1 heterocycles. The minimum atomic E-state index is 0.0150. The molecule has 0 amide bonds. The van der Waals surface area contributed by atoms with E-state index >= 15 is 0 Å². The zero-order valence-corrected chi connectivity index (χ0v) is 17.1. The molecule has 31 heavy (non-hydrogen) atoms. The summed E-state index contributed by atoms with van der Waals surface area (Å²) in [6, 6.07) is 39.0. The Balaban J connectivity index is 1.73. The Morgan fingerprint density at radius 1 is 0.581 bits per heavy atom. The summed E-state index contributed by atoms with van der Waals surface area (Å²) in [4.78, 5) is 2.34. The van der Waals surface area contributed by atoms with Crippen molar-refractivity contribution < 1.29 is 5.11 Å². The van der Waals surface area contributed by atoms with Gasteiger partial charge in [-0.3, -0.25) is 0 Å². The van der Waals surface area contributed by atoms with Crippen LogP contribution >= 0.6 is 0 Å². The Morgan fingerprint density at radius 2 is 1.13 bits per heavy atom. The summed E-state index contributed by atoms with van der Waals surface area (Å²) in [7, 11) is 0. The highest BCUT2D eigenvalue weighted by Crippen LogP contribution is 2.42. The molecule has 1 unspecified atom stereocenters. The SMILES string of the molecule is Oc1ccc(N2C(c3ccccc3)=CC(c3ccccc3)=CC2c2ccccc2)cc1. The molecule has 4 aromatic carbocycles. The molecule has 0 aromatic heterocycles. The average molecular weight is 402 g/mol. The molecule has 0 bridgehead atoms. The Kier molecular flexibility index (Phi) is 5.12. The molecule has 5 rings (SSSR count). The van der Waals surface area contributed by atoms with E-state index in [1.54, 1.807) is 12.1 Å². The van der Waals surface area contributed by atoms with Gasteiger partial charge in [0.1, 0.15) is 5.75 Å². The average Bonchev–Trinajstić information content (AvgIpc) is 2.85. The first-order valence-corrected chi connectivity index (χ1v) is 10.5. The second-order valence-corrected chi connectivity index (χ2v) is 7.63. The molecule has 0 radical (unpaired) electrons. The number of allylic oxidation sites excluding steroid dienone is 2. The third kappa shape index (κ3) is 3.88. The molecule has 1 N–H and O–H groups in total. The van der Waals surface area contributed by atoms with Gasteiger partial charge in [-0.05, 0) is 58.7 Å². The fourth-order valence-electron chi connectivity index (χ4n) is 4.11. The maximum atomic E-state index is 9.87. The molecule has 0 saturated carbocycles. The Hall–Kier alpha value is -4.04. The van der Waals surface area contributed by atoms with Crippen LogP contribution in [0.15, 0.2) is 127 Å². The summed E-state index contributed by atoms with van der Waals surface area (Å²) in [5.74, 6) is 0.266. The lowest BCUT2D eigenvalue weighted by molar-refractivity contribution is 0.475. The topological polar surface area (TPSA) is 23.5 Å². The number of benzene rings is 4. The van der Waals surface area contributed by atoms with E-state index in [0.29, 0.717) is 0 Å². The number of anilines is 1. The lowest BCUT2D eigenvalue weighted by Gasteiger charge is -2.38. The monoisotopic (exact) mass is 401 g/mol. The summed E-state index contributed by atoms with van der Waals surface area (Å²) in [6.45, 7) is 0. The van der Waals surface area contributed by atoms with E-state index < -0.39 is 0 Å². The highest BCUT2D eigenvalue weighted by atomic mass is 16.3. The molecule has 0 spiro atoms. The van der Waals surface area contributed by atoms with Gasteiger partial charge >= 0.3 is 0 Å². The minimum Gasteiger partial charge on any atom is -0.508 e. The number of phenols is 1. The van der Waals surface area contributed by atoms with E-state index in [1.165, 1.54) is 16.7 Å². The molecule has 1 atom stereocenters. The van der Waals surface area contributed by atoms with Crippen LogP contribution in [0.4, 0.5) is 5.69 Å². The van der Waals surface area contributed by atoms with E-state index in [9.17, 15) is 5.11 Å². The highest BCUT2D eigenvalue weighted by molar-refractivity contribution is 5.93. The summed E-state index contributed by atoms with van der Waals surface area (Å²) in [6.07, 6.45) is 4.58. The first kappa shape index (κ1) is 19.0. The van der Waals surface area contributed by atoms with Crippen molar-refractivity contribution in [2.24, 2.45) is 0 Å². The fraction of sp³-hybridized carbons (Fsp3) is 0.0345. The molecular weight excluding hydrogens is 378 g/mol. The van der Waals surface area contributed by atoms with Gasteiger partial charge in [-0.1, -0.05) is 91.0 Å². The molecular formula is C29H23NO. The van der Waals surface area contributed by atoms with Gasteiger partial charge in [-0.2, -0.15) is 0 Å². The maximum Gasteiger partial charge on any atom is 0.115 e. The van der Waals surface area contributed by atoms with Crippen molar-refractivity contribution in [3.05, 3.63) is 144 Å². The maximum absolute atomic E-state index is 9.87. The Labute approximate surface area is 183 Å². The van der Waals surface area contributed by atoms with Crippen molar-refractivity contribution in [1.82, 2.24) is 0 Å². The number of aromatic hydroxyl groups is 1. The van der Waals surface area contributed by atoms with Crippen LogP contribution in [0.3, 0.4) is 0 Å². The van der Waals surface area contributed by atoms with Gasteiger partial charge in [0.15, 0.2) is 0 Å². The number of hydrogen-bond acceptors (Lipinski definition) is 2. The van der Waals surface area contributed by atoms with E-state index in [2.05, 4.69) is 89.8 Å². The van der Waals surface area contributed by atoms with Gasteiger partial charge < -0.3 is 10.0 Å². The van der Waals surface area contributed by atoms with Crippen molar-refractivity contribution in [1.29, 1.82) is 0 Å². The van der Waals surface area contributed by atoms with Gasteiger partial charge in [-0.25, -0.2) is 0 Å². The molecule has 0 aliphatic carbocycles. The highest BCUT2D eigenvalue weighted by Gasteiger charge is 2.28. The van der Waals surface area contributed by atoms with Crippen LogP contribution in [-0.2, 0) is 0 Å². The number of phenolic OH excluding ortho intramolecular Hbond substituents is 1. The molecule has 1 aliphatic heterocycles. The third-order valence-corrected chi connectivity index (χ3v) is 5.61. The quantitative estimate of drug-likeness (QED) is 0.395. The Bertz CT molecular complexity index is 1210. The zero-order chi connectivity index (χ0) is 21.0. The van der Waals surface area contributed by atoms with Crippen LogP contribution in [0.25, 0.3) is 11.3 Å². The van der Waals surface area contributed by atoms with Gasteiger partial charge in [-0.15, -0.1) is 0 Å². The first-order chi connectivity index (χ1) is 15.3. The van der Waals surface area contributed by atoms with Crippen LogP contribution < -0.4 is 4.90 Å². The number of rotatable bonds is 4. The fourth-order valence-corrected chi connectivity index (χ4v) is 4.11. The van der Waals surface area contributed by atoms with E-state index in [4.69, 9.17) is 0 Å². The van der Waals surface area contributed by atoms with Crippen LogP contribution in [-0.4, -0.2) is 5.11 Å². The smallest absolute Gasteiger partial charge is 0.115 e. The molecule has 150 valence electrons. The van der Waals surface area contributed by atoms with Crippen LogP contribution in [0, 0.1) is 0 Å². The summed E-state index contributed by atoms with van der Waals surface area (Å²) < 4.78 is 0. The Morgan fingerprint density at radius 3 is 1.74 bits per heavy atom. The van der Waals surface area contributed by atoms with Crippen LogP contribution in [0.2, 0.25) is 0 Å². The standard InChI is InChI=1S/C29H23NO/c31-27-18-16-26(17-19-27)30-28(23-12-6-2-7-13-23)20-25(22-10-4-1-5-11-22)21-29(30)24-14-8-3-9-15-24/h1-21,28,31H. The first-order valence-electron chi connectivity index (χ1n) is 10.5. The van der Waals surface area contributed by atoms with Gasteiger partial charge in [0.2, 0.25) is 0 Å². The van der Waals surface area contributed by atoms with Crippen molar-refractivity contribution in [3.8, 4) is 5.75 Å². The van der Waals surface area contributed by atoms with Crippen LogP contribution in [0.1, 0.15) is 22.7 Å². The van der Waals surface area contributed by atoms with Gasteiger partial charge in [0.05, 0.1) is 6.04 Å². The normalized spacial score (nSPS) is 15.9. The molecule has 2 heteroatoms. The van der Waals surface area contributed by atoms with E-state index in [0.717, 1.165) is 16.9 Å². The molecule has 2 nitrogen and oxygen atoms in total. The molecule has 0 fully saturated rings. The summed E-state index contributed by atoms with van der Waals surface area (Å²) in [5.41, 5.74) is 6.92. The predicted molar refractivity (Wildman–Crippen MR) is 129 cm³/mol. The zero-order valence-electron chi connectivity index (χ0n) is 17.1. The van der Waals surface area contributed by atoms with E-state index in [-0.39, 0.29) is 11.8 Å². The molecule has 4 aromatic rings. The van der Waals surface area contributed by atoms with Crippen molar-refractivity contribution in [2.75, 3.05) is 4.90 Å². The number of hydrogen-bond donors (Lipinski definition) is 1. The largest absolute Gasteiger partial charge is 0.508 e. The lowest BCUT2D eigenvalue weighted by atomic mass is 9.91. The predicted octanol–water partition coefficient (Wildman–Crippen LogP) is 7.08.